The van der Waals surface area contributed by atoms with Crippen molar-refractivity contribution in [3.05, 3.63) is 0 Å². The molecule has 0 aromatic heterocycles. The number of esters is 1. The highest BCUT2D eigenvalue weighted by Gasteiger charge is 2.48. The second-order valence-corrected chi connectivity index (χ2v) is 5.55. The van der Waals surface area contributed by atoms with Gasteiger partial charge in [0.15, 0.2) is 0 Å². The molecule has 0 aromatic rings. The molecule has 0 amide bonds. The molecule has 0 heterocycles. The van der Waals surface area contributed by atoms with Crippen molar-refractivity contribution in [2.75, 3.05) is 0 Å². The van der Waals surface area contributed by atoms with E-state index in [2.05, 4.69) is 4.74 Å². The summed E-state index contributed by atoms with van der Waals surface area (Å²) in [6, 6.07) is 0. The number of carbonyl (C=O) groups excluding carboxylic acids is 1. The number of hydrogen-bond donors (Lipinski definition) is 0. The number of ether oxygens (including phenoxy) is 1. The second-order valence-electron chi connectivity index (χ2n) is 4.14. The third kappa shape index (κ3) is 4.13. The van der Waals surface area contributed by atoms with Crippen molar-refractivity contribution in [1.29, 1.82) is 0 Å². The molecule has 1 aliphatic rings. The van der Waals surface area contributed by atoms with Crippen molar-refractivity contribution in [2.24, 2.45) is 5.92 Å². The predicted molar refractivity (Wildman–Crippen MR) is 52.2 cm³/mol. The Balaban J connectivity index is 2.75. The Bertz CT molecular complexity index is 397. The molecule has 1 unspecified atom stereocenters. The summed E-state index contributed by atoms with van der Waals surface area (Å²) in [7, 11) is -5.77. The van der Waals surface area contributed by atoms with Crippen LogP contribution in [0.15, 0.2) is 0 Å². The molecule has 1 fully saturated rings. The molecule has 0 aromatic carbocycles. The van der Waals surface area contributed by atoms with Gasteiger partial charge in [0.25, 0.3) is 5.44 Å². The molecule has 0 spiro atoms. The minimum absolute atomic E-state index is 0.350. The van der Waals surface area contributed by atoms with Crippen LogP contribution in [0, 0.1) is 5.92 Å². The fourth-order valence-corrected chi connectivity index (χ4v) is 2.37. The fourth-order valence-electron chi connectivity index (χ4n) is 1.83. The van der Waals surface area contributed by atoms with Gasteiger partial charge in [-0.15, -0.1) is 0 Å². The minimum atomic E-state index is -5.77. The van der Waals surface area contributed by atoms with Gasteiger partial charge in [0.05, 0.1) is 5.92 Å². The van der Waals surface area contributed by atoms with Gasteiger partial charge < -0.3 is 9.29 Å². The zero-order chi connectivity index (χ0) is 14.0. The highest BCUT2D eigenvalue weighted by molar-refractivity contribution is 7.86. The molecule has 0 N–H and O–H groups in total. The lowest BCUT2D eigenvalue weighted by Gasteiger charge is -2.26. The van der Waals surface area contributed by atoms with Gasteiger partial charge in [0, 0.05) is 0 Å². The van der Waals surface area contributed by atoms with Crippen LogP contribution in [0.3, 0.4) is 0 Å². The zero-order valence-electron chi connectivity index (χ0n) is 9.27. The molecule has 0 aliphatic heterocycles. The van der Waals surface area contributed by atoms with Crippen LogP contribution in [0.1, 0.15) is 32.1 Å². The van der Waals surface area contributed by atoms with Crippen LogP contribution in [-0.2, 0) is 19.6 Å². The van der Waals surface area contributed by atoms with E-state index in [1.807, 2.05) is 0 Å². The summed E-state index contributed by atoms with van der Waals surface area (Å²) >= 11 is 0. The number of rotatable bonds is 3. The molecule has 1 atom stereocenters. The number of hydrogen-bond acceptors (Lipinski definition) is 5. The summed E-state index contributed by atoms with van der Waals surface area (Å²) in [6.45, 7) is 0. The molecular weight excluding hydrogens is 277 g/mol. The SMILES string of the molecule is O=C(OC(C(F)(F)F)S(=O)(=O)[O-])C1CCCCC1. The monoisotopic (exact) mass is 289 g/mol. The molecule has 9 heteroatoms. The molecule has 106 valence electrons. The highest BCUT2D eigenvalue weighted by atomic mass is 32.2. The standard InChI is InChI=1S/C9H13F3O5S/c10-9(11,12)8(18(14,15)16)17-7(13)6-4-2-1-3-5-6/h6,8H,1-5H2,(H,14,15,16)/p-1. The lowest BCUT2D eigenvalue weighted by atomic mass is 9.89. The Morgan fingerprint density at radius 2 is 1.72 bits per heavy atom. The van der Waals surface area contributed by atoms with Crippen molar-refractivity contribution in [1.82, 2.24) is 0 Å². The first-order valence-corrected chi connectivity index (χ1v) is 6.81. The van der Waals surface area contributed by atoms with Crippen LogP contribution >= 0.6 is 0 Å². The highest BCUT2D eigenvalue weighted by Crippen LogP contribution is 2.30. The third-order valence-electron chi connectivity index (χ3n) is 2.69. The Morgan fingerprint density at radius 3 is 2.11 bits per heavy atom. The van der Waals surface area contributed by atoms with Gasteiger partial charge in [-0.05, 0) is 12.8 Å². The van der Waals surface area contributed by atoms with E-state index in [0.29, 0.717) is 25.7 Å². The third-order valence-corrected chi connectivity index (χ3v) is 3.58. The zero-order valence-corrected chi connectivity index (χ0v) is 10.1. The molecular formula is C9H12F3O5S-. The summed E-state index contributed by atoms with van der Waals surface area (Å²) in [6.07, 6.45) is -2.51. The topological polar surface area (TPSA) is 83.5 Å². The van der Waals surface area contributed by atoms with Crippen molar-refractivity contribution in [3.8, 4) is 0 Å². The maximum absolute atomic E-state index is 12.3. The van der Waals surface area contributed by atoms with E-state index in [4.69, 9.17) is 0 Å². The number of carbonyl (C=O) groups is 1. The summed E-state index contributed by atoms with van der Waals surface area (Å²) in [5, 5.41) is 0. The maximum atomic E-state index is 12.3. The summed E-state index contributed by atoms with van der Waals surface area (Å²) < 4.78 is 72.0. The largest absolute Gasteiger partial charge is 0.745 e. The first kappa shape index (κ1) is 15.2. The first-order valence-electron chi connectivity index (χ1n) is 5.34. The summed E-state index contributed by atoms with van der Waals surface area (Å²) in [5.74, 6) is -2.03. The predicted octanol–water partition coefficient (Wildman–Crippen LogP) is 1.54. The van der Waals surface area contributed by atoms with Crippen LogP contribution < -0.4 is 0 Å². The summed E-state index contributed by atoms with van der Waals surface area (Å²) in [5.41, 5.74) is -3.61. The molecule has 18 heavy (non-hydrogen) atoms. The minimum Gasteiger partial charge on any atom is -0.745 e. The van der Waals surface area contributed by atoms with Gasteiger partial charge in [0.2, 0.25) is 0 Å². The quantitative estimate of drug-likeness (QED) is 0.581. The normalized spacial score (nSPS) is 20.4. The van der Waals surface area contributed by atoms with Gasteiger partial charge in [-0.2, -0.15) is 13.2 Å². The van der Waals surface area contributed by atoms with Gasteiger partial charge in [0.1, 0.15) is 10.1 Å². The lowest BCUT2D eigenvalue weighted by Crippen LogP contribution is -2.41. The van der Waals surface area contributed by atoms with Crippen LogP contribution in [0.25, 0.3) is 0 Å². The van der Waals surface area contributed by atoms with Crippen molar-refractivity contribution in [3.63, 3.8) is 0 Å². The van der Waals surface area contributed by atoms with E-state index in [1.54, 1.807) is 0 Å². The van der Waals surface area contributed by atoms with Crippen LogP contribution in [-0.4, -0.2) is 30.6 Å². The Hall–Kier alpha value is -0.830. The molecule has 1 rings (SSSR count). The second kappa shape index (κ2) is 5.43. The van der Waals surface area contributed by atoms with Crippen molar-refractivity contribution < 1.29 is 35.7 Å². The number of alkyl halides is 3. The maximum Gasteiger partial charge on any atom is 0.439 e. The lowest BCUT2D eigenvalue weighted by molar-refractivity contribution is -0.203. The van der Waals surface area contributed by atoms with Gasteiger partial charge in [-0.3, -0.25) is 4.79 Å². The van der Waals surface area contributed by atoms with Crippen LogP contribution in [0.4, 0.5) is 13.2 Å². The van der Waals surface area contributed by atoms with Gasteiger partial charge in [-0.25, -0.2) is 8.42 Å². The van der Waals surface area contributed by atoms with Crippen LogP contribution in [0.5, 0.6) is 0 Å². The smallest absolute Gasteiger partial charge is 0.439 e. The first-order chi connectivity index (χ1) is 8.12. The molecule has 1 saturated carbocycles. The van der Waals surface area contributed by atoms with E-state index in [1.165, 1.54) is 0 Å². The molecule has 0 saturated heterocycles. The average Bonchev–Trinajstić information content (AvgIpc) is 2.23. The average molecular weight is 289 g/mol. The molecule has 0 bridgehead atoms. The molecule has 5 nitrogen and oxygen atoms in total. The van der Waals surface area contributed by atoms with Crippen LogP contribution in [0.2, 0.25) is 0 Å². The van der Waals surface area contributed by atoms with E-state index in [9.17, 15) is 30.9 Å². The van der Waals surface area contributed by atoms with Gasteiger partial charge >= 0.3 is 12.1 Å². The van der Waals surface area contributed by atoms with E-state index < -0.39 is 33.6 Å². The molecule has 1 aliphatic carbocycles. The van der Waals surface area contributed by atoms with Crippen molar-refractivity contribution >= 4 is 16.1 Å². The number of halogens is 3. The van der Waals surface area contributed by atoms with E-state index >= 15 is 0 Å². The Kier molecular flexibility index (Phi) is 4.60. The van der Waals surface area contributed by atoms with E-state index in [0.717, 1.165) is 6.42 Å². The molecule has 0 radical (unpaired) electrons. The van der Waals surface area contributed by atoms with E-state index in [-0.39, 0.29) is 0 Å². The summed E-state index contributed by atoms with van der Waals surface area (Å²) in [4.78, 5) is 11.4. The van der Waals surface area contributed by atoms with Gasteiger partial charge in [-0.1, -0.05) is 19.3 Å². The van der Waals surface area contributed by atoms with Crippen molar-refractivity contribution in [2.45, 2.75) is 43.7 Å². The Morgan fingerprint density at radius 1 is 1.22 bits per heavy atom. The Labute approximate surface area is 102 Å². The fraction of sp³-hybridized carbons (Fsp3) is 0.889.